The monoisotopic (exact) mass is 491 g/mol. The van der Waals surface area contributed by atoms with Crippen molar-refractivity contribution in [2.45, 2.75) is 62.4 Å². The summed E-state index contributed by atoms with van der Waals surface area (Å²) in [5, 5.41) is 11.8. The first-order valence-corrected chi connectivity index (χ1v) is 13.9. The van der Waals surface area contributed by atoms with Gasteiger partial charge in [-0.05, 0) is 51.3 Å². The molecule has 2 aliphatic rings. The number of amides is 2. The van der Waals surface area contributed by atoms with Crippen LogP contribution in [0.4, 0.5) is 5.69 Å². The minimum absolute atomic E-state index is 0.0297. The molecular weight excluding hydrogens is 462 g/mol. The average Bonchev–Trinajstić information content (AvgIpc) is 3.42. The number of hydrogen-bond acceptors (Lipinski definition) is 7. The van der Waals surface area contributed by atoms with Crippen LogP contribution in [0.1, 0.15) is 51.8 Å². The van der Waals surface area contributed by atoms with Gasteiger partial charge in [-0.25, -0.2) is 8.42 Å². The largest absolute Gasteiger partial charge is 0.338 e. The summed E-state index contributed by atoms with van der Waals surface area (Å²) in [4.78, 5) is 26.4. The SMILES string of the molecule is CCN(C(=O)C(C)Sc1nnc(C2CC2)n1-c1cccc(NC(C)=O)c1)C1CCS(=O)(=O)C1. The third-order valence-electron chi connectivity index (χ3n) is 5.93. The van der Waals surface area contributed by atoms with Crippen LogP contribution in [0.3, 0.4) is 0 Å². The van der Waals surface area contributed by atoms with Gasteiger partial charge in [-0.2, -0.15) is 0 Å². The van der Waals surface area contributed by atoms with Gasteiger partial charge >= 0.3 is 0 Å². The van der Waals surface area contributed by atoms with Crippen molar-refractivity contribution < 1.29 is 18.0 Å². The van der Waals surface area contributed by atoms with Crippen LogP contribution in [0, 0.1) is 0 Å². The molecule has 2 atom stereocenters. The van der Waals surface area contributed by atoms with Gasteiger partial charge in [-0.15, -0.1) is 10.2 Å². The molecule has 0 spiro atoms. The molecule has 1 saturated carbocycles. The molecule has 1 aromatic carbocycles. The average molecular weight is 492 g/mol. The quantitative estimate of drug-likeness (QED) is 0.565. The van der Waals surface area contributed by atoms with Crippen LogP contribution in [0.5, 0.6) is 0 Å². The molecule has 9 nitrogen and oxygen atoms in total. The maximum Gasteiger partial charge on any atom is 0.236 e. The highest BCUT2D eigenvalue weighted by molar-refractivity contribution is 8.00. The third kappa shape index (κ3) is 5.40. The normalized spacial score (nSPS) is 20.4. The van der Waals surface area contributed by atoms with Crippen molar-refractivity contribution in [2.75, 3.05) is 23.4 Å². The van der Waals surface area contributed by atoms with E-state index >= 15 is 0 Å². The smallest absolute Gasteiger partial charge is 0.236 e. The first-order valence-electron chi connectivity index (χ1n) is 11.2. The maximum atomic E-state index is 13.3. The van der Waals surface area contributed by atoms with Gasteiger partial charge in [-0.3, -0.25) is 14.2 Å². The number of carbonyl (C=O) groups is 2. The molecule has 178 valence electrons. The Labute approximate surface area is 198 Å². The zero-order chi connectivity index (χ0) is 23.8. The van der Waals surface area contributed by atoms with Crippen LogP contribution in [0.15, 0.2) is 29.4 Å². The summed E-state index contributed by atoms with van der Waals surface area (Å²) >= 11 is 1.32. The number of rotatable bonds is 8. The molecule has 1 saturated heterocycles. The fourth-order valence-corrected chi connectivity index (χ4v) is 6.86. The number of benzene rings is 1. The van der Waals surface area contributed by atoms with E-state index in [1.54, 1.807) is 4.90 Å². The Bertz CT molecular complexity index is 1160. The number of sulfone groups is 1. The van der Waals surface area contributed by atoms with Gasteiger partial charge < -0.3 is 10.2 Å². The Morgan fingerprint density at radius 3 is 2.64 bits per heavy atom. The van der Waals surface area contributed by atoms with E-state index < -0.39 is 15.1 Å². The summed E-state index contributed by atoms with van der Waals surface area (Å²) in [6, 6.07) is 7.21. The van der Waals surface area contributed by atoms with Gasteiger partial charge in [0, 0.05) is 31.1 Å². The minimum atomic E-state index is -3.08. The van der Waals surface area contributed by atoms with Crippen molar-refractivity contribution in [2.24, 2.45) is 0 Å². The molecule has 2 amide bonds. The summed E-state index contributed by atoms with van der Waals surface area (Å²) in [5.74, 6) is 1.10. The van der Waals surface area contributed by atoms with Crippen molar-refractivity contribution in [1.29, 1.82) is 0 Å². The fraction of sp³-hybridized carbons (Fsp3) is 0.545. The van der Waals surface area contributed by atoms with Crippen molar-refractivity contribution in [3.63, 3.8) is 0 Å². The minimum Gasteiger partial charge on any atom is -0.338 e. The molecule has 0 radical (unpaired) electrons. The van der Waals surface area contributed by atoms with E-state index in [1.807, 2.05) is 42.7 Å². The predicted molar refractivity (Wildman–Crippen MR) is 127 cm³/mol. The number of anilines is 1. The zero-order valence-electron chi connectivity index (χ0n) is 19.0. The summed E-state index contributed by atoms with van der Waals surface area (Å²) in [5.41, 5.74) is 1.50. The van der Waals surface area contributed by atoms with Crippen molar-refractivity contribution in [1.82, 2.24) is 19.7 Å². The second-order valence-electron chi connectivity index (χ2n) is 8.62. The first kappa shape index (κ1) is 23.7. The van der Waals surface area contributed by atoms with Crippen LogP contribution in [0.2, 0.25) is 0 Å². The van der Waals surface area contributed by atoms with Crippen LogP contribution in [0.25, 0.3) is 5.69 Å². The lowest BCUT2D eigenvalue weighted by atomic mass is 10.2. The maximum absolute atomic E-state index is 13.3. The highest BCUT2D eigenvalue weighted by Gasteiger charge is 2.36. The zero-order valence-corrected chi connectivity index (χ0v) is 20.7. The van der Waals surface area contributed by atoms with E-state index in [-0.39, 0.29) is 29.4 Å². The molecule has 2 fully saturated rings. The van der Waals surface area contributed by atoms with Gasteiger partial charge in [0.15, 0.2) is 15.0 Å². The van der Waals surface area contributed by atoms with Gasteiger partial charge in [0.1, 0.15) is 5.82 Å². The molecule has 2 unspecified atom stereocenters. The summed E-state index contributed by atoms with van der Waals surface area (Å²) in [6.07, 6.45) is 2.57. The van der Waals surface area contributed by atoms with Crippen molar-refractivity contribution in [3.05, 3.63) is 30.1 Å². The Morgan fingerprint density at radius 2 is 2.03 bits per heavy atom. The van der Waals surface area contributed by atoms with Crippen LogP contribution >= 0.6 is 11.8 Å². The van der Waals surface area contributed by atoms with E-state index in [0.29, 0.717) is 29.7 Å². The van der Waals surface area contributed by atoms with E-state index in [1.165, 1.54) is 18.7 Å². The number of nitrogens with zero attached hydrogens (tertiary/aromatic N) is 4. The second kappa shape index (κ2) is 9.46. The van der Waals surface area contributed by atoms with E-state index in [0.717, 1.165) is 24.4 Å². The first-order chi connectivity index (χ1) is 15.7. The van der Waals surface area contributed by atoms with E-state index in [2.05, 4.69) is 15.5 Å². The molecule has 1 aliphatic heterocycles. The lowest BCUT2D eigenvalue weighted by molar-refractivity contribution is -0.131. The molecule has 1 aliphatic carbocycles. The van der Waals surface area contributed by atoms with Gasteiger partial charge in [-0.1, -0.05) is 17.8 Å². The molecule has 2 aromatic rings. The number of hydrogen-bond donors (Lipinski definition) is 1. The number of thioether (sulfide) groups is 1. The van der Waals surface area contributed by atoms with E-state index in [9.17, 15) is 18.0 Å². The predicted octanol–water partition coefficient (Wildman–Crippen LogP) is 2.62. The molecule has 1 aromatic heterocycles. The lowest BCUT2D eigenvalue weighted by Gasteiger charge is -2.29. The molecule has 33 heavy (non-hydrogen) atoms. The summed E-state index contributed by atoms with van der Waals surface area (Å²) in [7, 11) is -3.08. The number of nitrogens with one attached hydrogen (secondary N) is 1. The Hall–Kier alpha value is -2.40. The third-order valence-corrected chi connectivity index (χ3v) is 8.71. The Balaban J connectivity index is 1.58. The van der Waals surface area contributed by atoms with E-state index in [4.69, 9.17) is 0 Å². The highest BCUT2D eigenvalue weighted by atomic mass is 32.2. The van der Waals surface area contributed by atoms with Crippen molar-refractivity contribution >= 4 is 39.1 Å². The lowest BCUT2D eigenvalue weighted by Crippen LogP contribution is -2.44. The molecule has 2 heterocycles. The van der Waals surface area contributed by atoms with Crippen LogP contribution < -0.4 is 5.32 Å². The van der Waals surface area contributed by atoms with Crippen molar-refractivity contribution in [3.8, 4) is 5.69 Å². The second-order valence-corrected chi connectivity index (χ2v) is 12.2. The summed E-state index contributed by atoms with van der Waals surface area (Å²) < 4.78 is 25.8. The molecule has 0 bridgehead atoms. The molecule has 4 rings (SSSR count). The molecular formula is C22H29N5O4S2. The van der Waals surface area contributed by atoms with Crippen LogP contribution in [-0.2, 0) is 19.4 Å². The Kier molecular flexibility index (Phi) is 6.81. The fourth-order valence-electron chi connectivity index (χ4n) is 4.19. The highest BCUT2D eigenvalue weighted by Crippen LogP contribution is 2.42. The van der Waals surface area contributed by atoms with Crippen LogP contribution in [-0.4, -0.2) is 69.2 Å². The summed E-state index contributed by atoms with van der Waals surface area (Å²) in [6.45, 7) is 5.62. The van der Waals surface area contributed by atoms with Gasteiger partial charge in [0.05, 0.1) is 22.4 Å². The van der Waals surface area contributed by atoms with Gasteiger partial charge in [0.2, 0.25) is 11.8 Å². The van der Waals surface area contributed by atoms with Gasteiger partial charge in [0.25, 0.3) is 0 Å². The Morgan fingerprint density at radius 1 is 1.27 bits per heavy atom. The number of aromatic nitrogens is 3. The topological polar surface area (TPSA) is 114 Å². The molecule has 1 N–H and O–H groups in total. The molecule has 11 heteroatoms. The standard InChI is InChI=1S/C22H29N5O4S2/c1-4-26(19-10-11-33(30,31)13-19)21(29)14(2)32-22-25-24-20(16-8-9-16)27(22)18-7-5-6-17(12-18)23-15(3)28/h5-7,12,14,16,19H,4,8-11,13H2,1-3H3,(H,23,28). The number of carbonyl (C=O) groups excluding carboxylic acids is 2.